The summed E-state index contributed by atoms with van der Waals surface area (Å²) in [5.74, 6) is -0.617. The Balaban J connectivity index is 1.95. The van der Waals surface area contributed by atoms with E-state index in [1.807, 2.05) is 18.2 Å². The van der Waals surface area contributed by atoms with Crippen molar-refractivity contribution in [2.75, 3.05) is 0 Å². The monoisotopic (exact) mass is 288 g/mol. The first-order valence-electron chi connectivity index (χ1n) is 6.77. The summed E-state index contributed by atoms with van der Waals surface area (Å²) >= 11 is 5.73. The zero-order valence-corrected chi connectivity index (χ0v) is 11.7. The van der Waals surface area contributed by atoms with Crippen LogP contribution in [-0.4, -0.2) is 5.78 Å². The minimum Gasteiger partial charge on any atom is -0.289 e. The number of hydrogen-bond donors (Lipinski definition) is 0. The van der Waals surface area contributed by atoms with Crippen LogP contribution in [0.15, 0.2) is 36.4 Å². The van der Waals surface area contributed by atoms with Gasteiger partial charge < -0.3 is 0 Å². The van der Waals surface area contributed by atoms with Crippen molar-refractivity contribution in [3.63, 3.8) is 0 Å². The van der Waals surface area contributed by atoms with Gasteiger partial charge in [-0.05, 0) is 61.1 Å². The van der Waals surface area contributed by atoms with Crippen molar-refractivity contribution in [3.05, 3.63) is 69.5 Å². The van der Waals surface area contributed by atoms with E-state index >= 15 is 0 Å². The first-order chi connectivity index (χ1) is 9.65. The van der Waals surface area contributed by atoms with Crippen molar-refractivity contribution < 1.29 is 9.18 Å². The summed E-state index contributed by atoms with van der Waals surface area (Å²) < 4.78 is 13.1. The van der Waals surface area contributed by atoms with Crippen LogP contribution in [-0.2, 0) is 12.8 Å². The van der Waals surface area contributed by atoms with Gasteiger partial charge in [0, 0.05) is 11.1 Å². The van der Waals surface area contributed by atoms with Crippen LogP contribution >= 0.6 is 11.6 Å². The molecule has 20 heavy (non-hydrogen) atoms. The second-order valence-electron chi connectivity index (χ2n) is 5.15. The van der Waals surface area contributed by atoms with Gasteiger partial charge in [-0.1, -0.05) is 23.7 Å². The Hall–Kier alpha value is -1.67. The molecule has 0 aliphatic heterocycles. The van der Waals surface area contributed by atoms with Crippen LogP contribution in [0, 0.1) is 5.82 Å². The summed E-state index contributed by atoms with van der Waals surface area (Å²) in [5.41, 5.74) is 3.67. The fraction of sp³-hybridized carbons (Fsp3) is 0.235. The lowest BCUT2D eigenvalue weighted by molar-refractivity contribution is 0.103. The molecular weight excluding hydrogens is 275 g/mol. The summed E-state index contributed by atoms with van der Waals surface area (Å²) in [6.45, 7) is 0. The smallest absolute Gasteiger partial charge is 0.193 e. The lowest BCUT2D eigenvalue weighted by Gasteiger charge is -2.16. The molecule has 0 saturated heterocycles. The van der Waals surface area contributed by atoms with Gasteiger partial charge in [0.15, 0.2) is 5.78 Å². The molecule has 0 spiro atoms. The van der Waals surface area contributed by atoms with Crippen LogP contribution in [0.2, 0.25) is 5.02 Å². The van der Waals surface area contributed by atoms with E-state index < -0.39 is 5.82 Å². The summed E-state index contributed by atoms with van der Waals surface area (Å²) in [7, 11) is 0. The van der Waals surface area contributed by atoms with Crippen LogP contribution in [0.5, 0.6) is 0 Å². The van der Waals surface area contributed by atoms with E-state index in [1.165, 1.54) is 42.2 Å². The average molecular weight is 289 g/mol. The molecule has 0 bridgehead atoms. The molecule has 0 heterocycles. The Labute approximate surface area is 122 Å². The maximum atomic E-state index is 13.1. The Bertz CT molecular complexity index is 679. The largest absolute Gasteiger partial charge is 0.289 e. The van der Waals surface area contributed by atoms with Crippen molar-refractivity contribution >= 4 is 17.4 Å². The molecule has 1 nitrogen and oxygen atoms in total. The topological polar surface area (TPSA) is 17.1 Å². The summed E-state index contributed by atoms with van der Waals surface area (Å²) in [4.78, 5) is 12.4. The van der Waals surface area contributed by atoms with Crippen LogP contribution in [0.4, 0.5) is 4.39 Å². The Morgan fingerprint density at radius 2 is 1.60 bits per heavy atom. The first kappa shape index (κ1) is 13.3. The molecule has 0 amide bonds. The predicted molar refractivity (Wildman–Crippen MR) is 77.9 cm³/mol. The van der Waals surface area contributed by atoms with Gasteiger partial charge in [0.1, 0.15) is 5.82 Å². The van der Waals surface area contributed by atoms with E-state index in [1.54, 1.807) is 0 Å². The van der Waals surface area contributed by atoms with Gasteiger partial charge in [-0.15, -0.1) is 0 Å². The van der Waals surface area contributed by atoms with Crippen molar-refractivity contribution in [3.8, 4) is 0 Å². The fourth-order valence-corrected chi connectivity index (χ4v) is 2.86. The van der Waals surface area contributed by atoms with E-state index in [0.29, 0.717) is 11.1 Å². The molecule has 0 saturated carbocycles. The molecule has 2 aromatic rings. The number of carbonyl (C=O) groups is 1. The third-order valence-electron chi connectivity index (χ3n) is 3.79. The molecular formula is C17H14ClFO. The summed E-state index contributed by atoms with van der Waals surface area (Å²) in [5, 5.41) is -0.0196. The normalized spacial score (nSPS) is 13.9. The number of aryl methyl sites for hydroxylation is 2. The van der Waals surface area contributed by atoms with Crippen LogP contribution in [0.3, 0.4) is 0 Å². The van der Waals surface area contributed by atoms with E-state index in [0.717, 1.165) is 12.8 Å². The quantitative estimate of drug-likeness (QED) is 0.739. The molecule has 3 rings (SSSR count). The van der Waals surface area contributed by atoms with Gasteiger partial charge in [-0.25, -0.2) is 4.39 Å². The van der Waals surface area contributed by atoms with Gasteiger partial charge in [0.2, 0.25) is 0 Å². The van der Waals surface area contributed by atoms with Crippen molar-refractivity contribution in [2.45, 2.75) is 25.7 Å². The van der Waals surface area contributed by atoms with E-state index in [4.69, 9.17) is 11.6 Å². The molecule has 2 aromatic carbocycles. The molecule has 0 radical (unpaired) electrons. The highest BCUT2D eigenvalue weighted by Crippen LogP contribution is 2.24. The number of rotatable bonds is 2. The standard InChI is InChI=1S/C17H14ClFO/c18-15-10-14(7-8-16(15)19)17(20)13-6-5-11-3-1-2-4-12(11)9-13/h5-10H,1-4H2. The van der Waals surface area contributed by atoms with Gasteiger partial charge in [0.25, 0.3) is 0 Å². The minimum atomic E-state index is -0.506. The molecule has 0 aromatic heterocycles. The Kier molecular flexibility index (Phi) is 3.58. The molecule has 0 fully saturated rings. The van der Waals surface area contributed by atoms with Gasteiger partial charge in [0.05, 0.1) is 5.02 Å². The maximum Gasteiger partial charge on any atom is 0.193 e. The van der Waals surface area contributed by atoms with Crippen LogP contribution in [0.25, 0.3) is 0 Å². The number of halogens is 2. The molecule has 1 aliphatic carbocycles. The molecule has 0 N–H and O–H groups in total. The van der Waals surface area contributed by atoms with Crippen LogP contribution < -0.4 is 0 Å². The van der Waals surface area contributed by atoms with Gasteiger partial charge in [-0.2, -0.15) is 0 Å². The second-order valence-corrected chi connectivity index (χ2v) is 5.56. The fourth-order valence-electron chi connectivity index (χ4n) is 2.68. The molecule has 102 valence electrons. The highest BCUT2D eigenvalue weighted by Gasteiger charge is 2.15. The molecule has 0 atom stereocenters. The zero-order chi connectivity index (χ0) is 14.1. The third-order valence-corrected chi connectivity index (χ3v) is 4.08. The SMILES string of the molecule is O=C(c1ccc(F)c(Cl)c1)c1ccc2c(c1)CCCC2. The Morgan fingerprint density at radius 3 is 2.35 bits per heavy atom. The van der Waals surface area contributed by atoms with Crippen molar-refractivity contribution in [2.24, 2.45) is 0 Å². The number of carbonyl (C=O) groups excluding carboxylic acids is 1. The van der Waals surface area contributed by atoms with Crippen LogP contribution in [0.1, 0.15) is 39.9 Å². The highest BCUT2D eigenvalue weighted by molar-refractivity contribution is 6.31. The summed E-state index contributed by atoms with van der Waals surface area (Å²) in [6.07, 6.45) is 4.51. The lowest BCUT2D eigenvalue weighted by Crippen LogP contribution is -2.07. The van der Waals surface area contributed by atoms with E-state index in [2.05, 4.69) is 0 Å². The predicted octanol–water partition coefficient (Wildman–Crippen LogP) is 4.59. The third kappa shape index (κ3) is 2.48. The number of fused-ring (bicyclic) bond motifs is 1. The average Bonchev–Trinajstić information content (AvgIpc) is 2.49. The second kappa shape index (κ2) is 5.37. The summed E-state index contributed by atoms with van der Waals surface area (Å²) in [6, 6.07) is 9.94. The van der Waals surface area contributed by atoms with Gasteiger partial charge >= 0.3 is 0 Å². The van der Waals surface area contributed by atoms with E-state index in [-0.39, 0.29) is 10.8 Å². The maximum absolute atomic E-state index is 13.1. The molecule has 3 heteroatoms. The minimum absolute atomic E-state index is 0.0196. The first-order valence-corrected chi connectivity index (χ1v) is 7.14. The number of hydrogen-bond acceptors (Lipinski definition) is 1. The van der Waals surface area contributed by atoms with Crippen molar-refractivity contribution in [1.82, 2.24) is 0 Å². The number of benzene rings is 2. The van der Waals surface area contributed by atoms with Gasteiger partial charge in [-0.3, -0.25) is 4.79 Å². The molecule has 0 unspecified atom stereocenters. The van der Waals surface area contributed by atoms with E-state index in [9.17, 15) is 9.18 Å². The van der Waals surface area contributed by atoms with Crippen molar-refractivity contribution in [1.29, 1.82) is 0 Å². The zero-order valence-electron chi connectivity index (χ0n) is 11.0. The molecule has 1 aliphatic rings. The lowest BCUT2D eigenvalue weighted by atomic mass is 9.89. The number of ketones is 1. The Morgan fingerprint density at radius 1 is 0.950 bits per heavy atom. The highest BCUT2D eigenvalue weighted by atomic mass is 35.5.